The first kappa shape index (κ1) is 21.8. The summed E-state index contributed by atoms with van der Waals surface area (Å²) in [4.78, 5) is 4.31. The van der Waals surface area contributed by atoms with Gasteiger partial charge in [0.15, 0.2) is 5.82 Å². The van der Waals surface area contributed by atoms with Crippen LogP contribution in [0, 0.1) is 6.92 Å². The molecule has 158 valence electrons. The van der Waals surface area contributed by atoms with Crippen molar-refractivity contribution in [3.63, 3.8) is 0 Å². The van der Waals surface area contributed by atoms with Gasteiger partial charge in [-0.15, -0.1) is 10.2 Å². The predicted octanol–water partition coefficient (Wildman–Crippen LogP) is 2.98. The molecular weight excluding hydrogens is 428 g/mol. The third kappa shape index (κ3) is 5.78. The van der Waals surface area contributed by atoms with E-state index >= 15 is 0 Å². The van der Waals surface area contributed by atoms with Crippen LogP contribution in [-0.2, 0) is 10.0 Å². The minimum absolute atomic E-state index is 0.0632. The van der Waals surface area contributed by atoms with E-state index in [2.05, 4.69) is 30.5 Å². The van der Waals surface area contributed by atoms with Gasteiger partial charge in [0, 0.05) is 19.3 Å². The number of aromatic nitrogens is 3. The van der Waals surface area contributed by atoms with Crippen molar-refractivity contribution in [2.45, 2.75) is 11.8 Å². The Morgan fingerprint density at radius 3 is 2.37 bits per heavy atom. The van der Waals surface area contributed by atoms with E-state index in [4.69, 9.17) is 16.3 Å². The molecule has 11 heteroatoms. The van der Waals surface area contributed by atoms with Gasteiger partial charge in [-0.3, -0.25) is 0 Å². The number of pyridine rings is 1. The van der Waals surface area contributed by atoms with Gasteiger partial charge in [-0.2, -0.15) is 0 Å². The Kier molecular flexibility index (Phi) is 7.03. The molecule has 2 heterocycles. The van der Waals surface area contributed by atoms with E-state index in [-0.39, 0.29) is 16.5 Å². The Hall–Kier alpha value is -2.95. The molecule has 0 aliphatic carbocycles. The topological polar surface area (TPSA) is 118 Å². The summed E-state index contributed by atoms with van der Waals surface area (Å²) in [6.45, 7) is 2.44. The van der Waals surface area contributed by atoms with Crippen molar-refractivity contribution in [1.82, 2.24) is 19.9 Å². The summed E-state index contributed by atoms with van der Waals surface area (Å²) in [6, 6.07) is 11.6. The molecule has 0 spiro atoms. The first-order valence-electron chi connectivity index (χ1n) is 8.98. The highest BCUT2D eigenvalue weighted by Crippen LogP contribution is 2.26. The molecule has 0 amide bonds. The van der Waals surface area contributed by atoms with Gasteiger partial charge >= 0.3 is 0 Å². The summed E-state index contributed by atoms with van der Waals surface area (Å²) in [7, 11) is -2.23. The van der Waals surface area contributed by atoms with Crippen molar-refractivity contribution in [2.24, 2.45) is 0 Å². The number of aryl methyl sites for hydroxylation is 1. The van der Waals surface area contributed by atoms with Gasteiger partial charge in [-0.1, -0.05) is 17.7 Å². The molecule has 3 rings (SSSR count). The maximum absolute atomic E-state index is 12.4. The Labute approximate surface area is 179 Å². The van der Waals surface area contributed by atoms with Crippen molar-refractivity contribution in [1.29, 1.82) is 0 Å². The molecule has 0 saturated heterocycles. The first-order valence-corrected chi connectivity index (χ1v) is 10.8. The summed E-state index contributed by atoms with van der Waals surface area (Å²) in [5, 5.41) is 14.4. The second-order valence-corrected chi connectivity index (χ2v) is 8.44. The second-order valence-electron chi connectivity index (χ2n) is 6.27. The average molecular weight is 449 g/mol. The van der Waals surface area contributed by atoms with Crippen molar-refractivity contribution in [2.75, 3.05) is 30.8 Å². The number of anilines is 3. The summed E-state index contributed by atoms with van der Waals surface area (Å²) >= 11 is 5.99. The van der Waals surface area contributed by atoms with Gasteiger partial charge in [0.1, 0.15) is 17.4 Å². The number of ether oxygens (including phenoxy) is 1. The van der Waals surface area contributed by atoms with E-state index in [0.717, 1.165) is 5.56 Å². The van der Waals surface area contributed by atoms with Crippen LogP contribution in [0.4, 0.5) is 17.5 Å². The number of rotatable bonds is 9. The molecule has 9 nitrogen and oxygen atoms in total. The quantitative estimate of drug-likeness (QED) is 0.427. The SMILES string of the molecule is COc1ccc(S(=O)(=O)NCCNc2ccc(Nc3ccc(C)cn3)nn2)cc1Cl. The fraction of sp³-hybridized carbons (Fsp3) is 0.211. The van der Waals surface area contributed by atoms with Crippen LogP contribution in [-0.4, -0.2) is 43.8 Å². The van der Waals surface area contributed by atoms with E-state index < -0.39 is 10.0 Å². The monoisotopic (exact) mass is 448 g/mol. The van der Waals surface area contributed by atoms with Crippen molar-refractivity contribution >= 4 is 39.1 Å². The summed E-state index contributed by atoms with van der Waals surface area (Å²) < 4.78 is 32.2. The number of benzene rings is 1. The Morgan fingerprint density at radius 1 is 1.00 bits per heavy atom. The van der Waals surface area contributed by atoms with Gasteiger partial charge in [-0.05, 0) is 48.9 Å². The molecule has 0 aliphatic heterocycles. The van der Waals surface area contributed by atoms with E-state index in [0.29, 0.717) is 29.7 Å². The molecule has 2 aromatic heterocycles. The minimum atomic E-state index is -3.69. The van der Waals surface area contributed by atoms with E-state index in [9.17, 15) is 8.42 Å². The average Bonchev–Trinajstić information content (AvgIpc) is 2.74. The van der Waals surface area contributed by atoms with Crippen molar-refractivity contribution in [3.8, 4) is 5.75 Å². The number of hydrogen-bond donors (Lipinski definition) is 3. The standard InChI is InChI=1S/C19H21ClN6O3S/c1-13-3-6-17(22-12-13)24-19-8-7-18(25-26-19)21-9-10-23-30(27,28)14-4-5-16(29-2)15(20)11-14/h3-8,11-12,23H,9-10H2,1-2H3,(H,21,25)(H,22,24,26). The number of sulfonamides is 1. The highest BCUT2D eigenvalue weighted by Gasteiger charge is 2.15. The molecule has 3 aromatic rings. The van der Waals surface area contributed by atoms with Crippen LogP contribution in [0.2, 0.25) is 5.02 Å². The summed E-state index contributed by atoms with van der Waals surface area (Å²) in [6.07, 6.45) is 1.76. The molecule has 0 aliphatic rings. The summed E-state index contributed by atoms with van der Waals surface area (Å²) in [5.74, 6) is 2.15. The molecule has 0 atom stereocenters. The van der Waals surface area contributed by atoms with Crippen LogP contribution >= 0.6 is 11.6 Å². The third-order valence-electron chi connectivity index (χ3n) is 3.99. The second kappa shape index (κ2) is 9.70. The molecule has 1 aromatic carbocycles. The summed E-state index contributed by atoms with van der Waals surface area (Å²) in [5.41, 5.74) is 1.07. The Morgan fingerprint density at radius 2 is 1.73 bits per heavy atom. The zero-order chi connectivity index (χ0) is 21.6. The fourth-order valence-electron chi connectivity index (χ4n) is 2.44. The molecule has 0 unspecified atom stereocenters. The fourth-order valence-corrected chi connectivity index (χ4v) is 3.82. The number of hydrogen-bond acceptors (Lipinski definition) is 8. The number of methoxy groups -OCH3 is 1. The van der Waals surface area contributed by atoms with E-state index in [1.807, 2.05) is 19.1 Å². The van der Waals surface area contributed by atoms with Crippen molar-refractivity contribution < 1.29 is 13.2 Å². The highest BCUT2D eigenvalue weighted by atomic mass is 35.5. The normalized spacial score (nSPS) is 11.2. The number of halogens is 1. The predicted molar refractivity (Wildman–Crippen MR) is 116 cm³/mol. The largest absolute Gasteiger partial charge is 0.495 e. The van der Waals surface area contributed by atoms with Crippen LogP contribution in [0.1, 0.15) is 5.56 Å². The van der Waals surface area contributed by atoms with Gasteiger partial charge < -0.3 is 15.4 Å². The zero-order valence-corrected chi connectivity index (χ0v) is 18.0. The van der Waals surface area contributed by atoms with Gasteiger partial charge in [0.2, 0.25) is 10.0 Å². The smallest absolute Gasteiger partial charge is 0.240 e. The van der Waals surface area contributed by atoms with Crippen LogP contribution in [0.3, 0.4) is 0 Å². The molecule has 0 fully saturated rings. The van der Waals surface area contributed by atoms with Crippen LogP contribution in [0.25, 0.3) is 0 Å². The zero-order valence-electron chi connectivity index (χ0n) is 16.4. The molecule has 0 bridgehead atoms. The lowest BCUT2D eigenvalue weighted by Gasteiger charge is -2.10. The number of nitrogens with one attached hydrogen (secondary N) is 3. The maximum atomic E-state index is 12.4. The Balaban J connectivity index is 1.49. The van der Waals surface area contributed by atoms with E-state index in [1.54, 1.807) is 18.3 Å². The van der Waals surface area contributed by atoms with Crippen LogP contribution < -0.4 is 20.1 Å². The molecular formula is C19H21ClN6O3S. The third-order valence-corrected chi connectivity index (χ3v) is 5.74. The molecule has 30 heavy (non-hydrogen) atoms. The van der Waals surface area contributed by atoms with Gasteiger partial charge in [0.25, 0.3) is 0 Å². The Bertz CT molecular complexity index is 1090. The lowest BCUT2D eigenvalue weighted by Crippen LogP contribution is -2.29. The molecule has 0 saturated carbocycles. The first-order chi connectivity index (χ1) is 14.4. The maximum Gasteiger partial charge on any atom is 0.240 e. The van der Waals surface area contributed by atoms with Crippen LogP contribution in [0.15, 0.2) is 53.6 Å². The van der Waals surface area contributed by atoms with Gasteiger partial charge in [0.05, 0.1) is 17.0 Å². The molecule has 0 radical (unpaired) electrons. The van der Waals surface area contributed by atoms with Crippen molar-refractivity contribution in [3.05, 3.63) is 59.2 Å². The lowest BCUT2D eigenvalue weighted by molar-refractivity contribution is 0.414. The van der Waals surface area contributed by atoms with E-state index in [1.165, 1.54) is 25.3 Å². The minimum Gasteiger partial charge on any atom is -0.495 e. The number of nitrogens with zero attached hydrogens (tertiary/aromatic N) is 3. The van der Waals surface area contributed by atoms with Gasteiger partial charge in [-0.25, -0.2) is 18.1 Å². The molecule has 3 N–H and O–H groups in total. The highest BCUT2D eigenvalue weighted by molar-refractivity contribution is 7.89. The lowest BCUT2D eigenvalue weighted by atomic mass is 10.3. The van der Waals surface area contributed by atoms with Crippen LogP contribution in [0.5, 0.6) is 5.75 Å².